The number of nitrogens with zero attached hydrogens (tertiary/aromatic N) is 4. The highest BCUT2D eigenvalue weighted by molar-refractivity contribution is 6.16. The van der Waals surface area contributed by atoms with E-state index in [0.29, 0.717) is 0 Å². The van der Waals surface area contributed by atoms with Crippen LogP contribution in [0.25, 0.3) is 0 Å². The first-order chi connectivity index (χ1) is 14.5. The molecule has 0 aliphatic carbocycles. The van der Waals surface area contributed by atoms with Gasteiger partial charge in [-0.15, -0.1) is 0 Å². The number of aromatic hydroxyl groups is 2. The van der Waals surface area contributed by atoms with Crippen molar-refractivity contribution in [2.45, 2.75) is 5.92 Å². The molecule has 0 unspecified atom stereocenters. The number of ether oxygens (including phenoxy) is 1. The van der Waals surface area contributed by atoms with E-state index in [1.807, 2.05) is 0 Å². The standard InChI is InChI=1S/C19H18N4O8/c1-20-14(26)10(15(27)21(2)18(20)29)9-7-5-6-8(24)12(25)13(7)31-17-11(9)16(28)22(3)19(30)23(17)4/h5-6,9-10,24-25H,1-4H3/t9-/m0/s1. The van der Waals surface area contributed by atoms with Gasteiger partial charge >= 0.3 is 11.7 Å². The third-order valence-electron chi connectivity index (χ3n) is 5.73. The summed E-state index contributed by atoms with van der Waals surface area (Å²) in [6, 6.07) is 1.60. The molecule has 0 bridgehead atoms. The van der Waals surface area contributed by atoms with Crippen molar-refractivity contribution >= 4 is 17.8 Å². The predicted octanol–water partition coefficient (Wildman–Crippen LogP) is -0.601. The first-order valence-electron chi connectivity index (χ1n) is 9.10. The fourth-order valence-corrected chi connectivity index (χ4v) is 3.99. The van der Waals surface area contributed by atoms with E-state index in [4.69, 9.17) is 4.74 Å². The van der Waals surface area contributed by atoms with Gasteiger partial charge in [0.15, 0.2) is 11.5 Å². The summed E-state index contributed by atoms with van der Waals surface area (Å²) in [7, 11) is 4.96. The van der Waals surface area contributed by atoms with E-state index in [1.165, 1.54) is 34.3 Å². The highest BCUT2D eigenvalue weighted by Gasteiger charge is 2.51. The zero-order valence-corrected chi connectivity index (χ0v) is 16.9. The number of barbiturate groups is 1. The highest BCUT2D eigenvalue weighted by Crippen LogP contribution is 2.52. The summed E-state index contributed by atoms with van der Waals surface area (Å²) in [6.45, 7) is 0. The SMILES string of the molecule is CN1C(=O)C([C@@H]2c3ccc(O)c(O)c3Oc3c2c(=O)n(C)c(=O)n3C)C(=O)N(C)C1=O. The number of phenols is 2. The van der Waals surface area contributed by atoms with E-state index in [0.717, 1.165) is 25.0 Å². The van der Waals surface area contributed by atoms with Gasteiger partial charge in [-0.05, 0) is 6.07 Å². The van der Waals surface area contributed by atoms with Crippen molar-refractivity contribution < 1.29 is 29.3 Å². The van der Waals surface area contributed by atoms with Crippen molar-refractivity contribution in [2.75, 3.05) is 14.1 Å². The zero-order chi connectivity index (χ0) is 22.9. The van der Waals surface area contributed by atoms with Gasteiger partial charge in [-0.2, -0.15) is 0 Å². The van der Waals surface area contributed by atoms with Crippen molar-refractivity contribution in [1.82, 2.24) is 18.9 Å². The molecule has 0 radical (unpaired) electrons. The number of amides is 4. The van der Waals surface area contributed by atoms with Crippen molar-refractivity contribution in [3.8, 4) is 23.1 Å². The van der Waals surface area contributed by atoms with Crippen LogP contribution >= 0.6 is 0 Å². The first-order valence-corrected chi connectivity index (χ1v) is 9.10. The summed E-state index contributed by atoms with van der Waals surface area (Å²) in [6.07, 6.45) is 0. The Morgan fingerprint density at radius 2 is 1.42 bits per heavy atom. The molecule has 162 valence electrons. The number of hydrogen-bond acceptors (Lipinski definition) is 8. The second-order valence-electron chi connectivity index (χ2n) is 7.41. The number of aromatic nitrogens is 2. The van der Waals surface area contributed by atoms with Crippen molar-refractivity contribution in [1.29, 1.82) is 0 Å². The molecular formula is C19H18N4O8. The highest BCUT2D eigenvalue weighted by atomic mass is 16.5. The number of fused-ring (bicyclic) bond motifs is 2. The summed E-state index contributed by atoms with van der Waals surface area (Å²) in [4.78, 5) is 65.3. The van der Waals surface area contributed by atoms with Crippen LogP contribution in [-0.2, 0) is 23.7 Å². The van der Waals surface area contributed by atoms with E-state index in [9.17, 15) is 34.2 Å². The number of carbonyl (C=O) groups excluding carboxylic acids is 3. The van der Waals surface area contributed by atoms with Gasteiger partial charge in [0.1, 0.15) is 5.92 Å². The number of imide groups is 2. The van der Waals surface area contributed by atoms with Crippen LogP contribution in [0, 0.1) is 5.92 Å². The molecule has 2 aliphatic rings. The van der Waals surface area contributed by atoms with E-state index < -0.39 is 52.4 Å². The molecule has 2 aliphatic heterocycles. The van der Waals surface area contributed by atoms with Gasteiger partial charge in [-0.3, -0.25) is 33.3 Å². The van der Waals surface area contributed by atoms with Crippen molar-refractivity contribution in [3.63, 3.8) is 0 Å². The molecule has 4 rings (SSSR count). The molecule has 4 amide bonds. The Kier molecular flexibility index (Phi) is 4.20. The van der Waals surface area contributed by atoms with Crippen LogP contribution < -0.4 is 16.0 Å². The summed E-state index contributed by atoms with van der Waals surface area (Å²) >= 11 is 0. The van der Waals surface area contributed by atoms with Crippen LogP contribution in [0.5, 0.6) is 23.1 Å². The van der Waals surface area contributed by atoms with E-state index >= 15 is 0 Å². The number of carbonyl (C=O) groups is 3. The maximum Gasteiger partial charge on any atom is 0.333 e. The number of rotatable bonds is 1. The van der Waals surface area contributed by atoms with Gasteiger partial charge in [-0.25, -0.2) is 9.59 Å². The summed E-state index contributed by atoms with van der Waals surface area (Å²) in [5, 5.41) is 20.3. The van der Waals surface area contributed by atoms with Crippen LogP contribution in [0.15, 0.2) is 21.7 Å². The third kappa shape index (κ3) is 2.50. The van der Waals surface area contributed by atoms with Crippen molar-refractivity contribution in [3.05, 3.63) is 44.1 Å². The smallest absolute Gasteiger partial charge is 0.333 e. The van der Waals surface area contributed by atoms with Crippen LogP contribution in [0.3, 0.4) is 0 Å². The molecule has 2 N–H and O–H groups in total. The minimum Gasteiger partial charge on any atom is -0.504 e. The van der Waals surface area contributed by atoms with Gasteiger partial charge in [0.05, 0.1) is 5.56 Å². The third-order valence-corrected chi connectivity index (χ3v) is 5.73. The van der Waals surface area contributed by atoms with E-state index in [1.54, 1.807) is 0 Å². The van der Waals surface area contributed by atoms with Crippen LogP contribution in [0.1, 0.15) is 17.0 Å². The topological polar surface area (TPSA) is 151 Å². The summed E-state index contributed by atoms with van der Waals surface area (Å²) in [5.41, 5.74) is -1.63. The molecule has 1 aromatic heterocycles. The summed E-state index contributed by atoms with van der Waals surface area (Å²) in [5.74, 6) is -6.38. The predicted molar refractivity (Wildman–Crippen MR) is 103 cm³/mol. The average Bonchev–Trinajstić information content (AvgIpc) is 2.75. The minimum absolute atomic E-state index is 0.0707. The van der Waals surface area contributed by atoms with Crippen LogP contribution in [0.4, 0.5) is 4.79 Å². The van der Waals surface area contributed by atoms with Gasteiger partial charge in [0.25, 0.3) is 5.56 Å². The summed E-state index contributed by atoms with van der Waals surface area (Å²) < 4.78 is 7.42. The van der Waals surface area contributed by atoms with Crippen LogP contribution in [0.2, 0.25) is 0 Å². The van der Waals surface area contributed by atoms with Gasteiger partial charge in [0.2, 0.25) is 23.4 Å². The van der Waals surface area contributed by atoms with Gasteiger partial charge in [0, 0.05) is 39.7 Å². The van der Waals surface area contributed by atoms with Crippen LogP contribution in [-0.4, -0.2) is 61.1 Å². The number of urea groups is 1. The molecular weight excluding hydrogens is 412 g/mol. The maximum atomic E-state index is 13.1. The Hall–Kier alpha value is -4.09. The molecule has 31 heavy (non-hydrogen) atoms. The average molecular weight is 430 g/mol. The molecule has 12 heteroatoms. The molecule has 3 heterocycles. The second kappa shape index (κ2) is 6.45. The van der Waals surface area contributed by atoms with E-state index in [-0.39, 0.29) is 22.8 Å². The second-order valence-corrected chi connectivity index (χ2v) is 7.41. The molecule has 0 spiro atoms. The molecule has 2 aromatic rings. The monoisotopic (exact) mass is 430 g/mol. The Balaban J connectivity index is 2.10. The molecule has 0 saturated carbocycles. The van der Waals surface area contributed by atoms with Gasteiger partial charge < -0.3 is 14.9 Å². The lowest BCUT2D eigenvalue weighted by Gasteiger charge is -2.38. The molecule has 1 fully saturated rings. The Labute approximate surface area is 174 Å². The molecule has 1 aromatic carbocycles. The Morgan fingerprint density at radius 3 is 2.00 bits per heavy atom. The molecule has 1 saturated heterocycles. The van der Waals surface area contributed by atoms with E-state index in [2.05, 4.69) is 0 Å². The molecule has 1 atom stereocenters. The lowest BCUT2D eigenvalue weighted by atomic mass is 9.77. The lowest BCUT2D eigenvalue weighted by Crippen LogP contribution is -2.59. The largest absolute Gasteiger partial charge is 0.504 e. The Morgan fingerprint density at radius 1 is 0.839 bits per heavy atom. The fourth-order valence-electron chi connectivity index (χ4n) is 3.99. The first kappa shape index (κ1) is 20.2. The number of phenolic OH excluding ortho intramolecular Hbond substituents is 2. The minimum atomic E-state index is -1.55. The maximum absolute atomic E-state index is 13.1. The zero-order valence-electron chi connectivity index (χ0n) is 16.9. The lowest BCUT2D eigenvalue weighted by molar-refractivity contribution is -0.148. The van der Waals surface area contributed by atoms with Gasteiger partial charge in [-0.1, -0.05) is 6.07 Å². The van der Waals surface area contributed by atoms with Crippen molar-refractivity contribution in [2.24, 2.45) is 20.0 Å². The number of hydrogen-bond donors (Lipinski definition) is 2. The normalized spacial score (nSPS) is 18.7. The number of benzene rings is 1. The Bertz CT molecular complexity index is 1280. The quantitative estimate of drug-likeness (QED) is 0.450. The molecule has 12 nitrogen and oxygen atoms in total. The fraction of sp³-hybridized carbons (Fsp3) is 0.316.